The lowest BCUT2D eigenvalue weighted by molar-refractivity contribution is -0.174. The molecule has 0 saturated heterocycles. The van der Waals surface area contributed by atoms with Gasteiger partial charge in [-0.1, -0.05) is 24.3 Å². The van der Waals surface area contributed by atoms with Crippen molar-refractivity contribution in [1.29, 1.82) is 0 Å². The number of halogens is 3. The van der Waals surface area contributed by atoms with Crippen molar-refractivity contribution in [1.82, 2.24) is 5.32 Å². The number of methoxy groups -OCH3 is 1. The van der Waals surface area contributed by atoms with Crippen molar-refractivity contribution < 1.29 is 27.5 Å². The summed E-state index contributed by atoms with van der Waals surface area (Å²) in [6.45, 7) is 1.74. The number of hydrogen-bond donors (Lipinski definition) is 1. The molecule has 0 heterocycles. The molecule has 1 aromatic rings. The highest BCUT2D eigenvalue weighted by molar-refractivity contribution is 5.96. The Morgan fingerprint density at radius 3 is 2.29 bits per heavy atom. The number of carbonyl (C=O) groups is 2. The van der Waals surface area contributed by atoms with Crippen molar-refractivity contribution in [2.75, 3.05) is 13.7 Å². The molecular weight excluding hydrogens is 287 g/mol. The van der Waals surface area contributed by atoms with E-state index in [1.54, 1.807) is 0 Å². The fraction of sp³-hybridized carbons (Fsp3) is 0.429. The minimum absolute atomic E-state index is 0.115. The number of carbonyl (C=O) groups excluding carboxylic acids is 2. The Kier molecular flexibility index (Phi) is 5.90. The van der Waals surface area contributed by atoms with Gasteiger partial charge in [-0.15, -0.1) is 0 Å². The van der Waals surface area contributed by atoms with Gasteiger partial charge in [0.1, 0.15) is 0 Å². The quantitative estimate of drug-likeness (QED) is 0.822. The monoisotopic (exact) mass is 303 g/mol. The molecular formula is C14H16F3NO3. The van der Waals surface area contributed by atoms with Crippen LogP contribution in [0, 0.1) is 0 Å². The van der Waals surface area contributed by atoms with E-state index in [4.69, 9.17) is 4.74 Å². The molecule has 0 saturated carbocycles. The molecule has 1 amide bonds. The maximum atomic E-state index is 12.1. The van der Waals surface area contributed by atoms with Crippen molar-refractivity contribution in [2.24, 2.45) is 0 Å². The number of Topliss-reactive ketones (excluding diaryl/α,β-unsaturated/α-hetero) is 1. The van der Waals surface area contributed by atoms with Crippen LogP contribution in [0.5, 0.6) is 0 Å². The summed E-state index contributed by atoms with van der Waals surface area (Å²) in [5.74, 6) is -2.11. The van der Waals surface area contributed by atoms with Crippen LogP contribution in [-0.4, -0.2) is 31.6 Å². The molecule has 0 bridgehead atoms. The highest BCUT2D eigenvalue weighted by atomic mass is 19.4. The number of nitrogens with one attached hydrogen (secondary N) is 1. The molecule has 0 fully saturated rings. The van der Waals surface area contributed by atoms with Gasteiger partial charge in [0.2, 0.25) is 0 Å². The summed E-state index contributed by atoms with van der Waals surface area (Å²) in [5, 5.41) is 1.85. The van der Waals surface area contributed by atoms with Gasteiger partial charge in [-0.2, -0.15) is 13.2 Å². The van der Waals surface area contributed by atoms with Gasteiger partial charge >= 0.3 is 12.1 Å². The molecule has 0 aliphatic heterocycles. The molecule has 1 rings (SSSR count). The lowest BCUT2D eigenvalue weighted by atomic mass is 10.0. The molecule has 1 aromatic carbocycles. The first-order valence-electron chi connectivity index (χ1n) is 6.25. The van der Waals surface area contributed by atoms with Crippen LogP contribution >= 0.6 is 0 Å². The molecule has 0 spiro atoms. The van der Waals surface area contributed by atoms with Gasteiger partial charge in [0, 0.05) is 19.1 Å². The number of hydrogen-bond acceptors (Lipinski definition) is 3. The first-order valence-corrected chi connectivity index (χ1v) is 6.25. The second-order valence-electron chi connectivity index (χ2n) is 4.48. The summed E-state index contributed by atoms with van der Waals surface area (Å²) in [6.07, 6.45) is -4.68. The lowest BCUT2D eigenvalue weighted by Crippen LogP contribution is -2.38. The van der Waals surface area contributed by atoms with E-state index >= 15 is 0 Å². The third-order valence-electron chi connectivity index (χ3n) is 2.87. The van der Waals surface area contributed by atoms with E-state index in [2.05, 4.69) is 0 Å². The van der Waals surface area contributed by atoms with E-state index in [9.17, 15) is 22.8 Å². The molecule has 0 radical (unpaired) electrons. The van der Waals surface area contributed by atoms with Gasteiger partial charge < -0.3 is 10.1 Å². The van der Waals surface area contributed by atoms with Crippen LogP contribution in [0.2, 0.25) is 0 Å². The number of ether oxygens (including phenoxy) is 1. The van der Waals surface area contributed by atoms with Crippen molar-refractivity contribution in [3.63, 3.8) is 0 Å². The van der Waals surface area contributed by atoms with Gasteiger partial charge in [-0.05, 0) is 12.5 Å². The van der Waals surface area contributed by atoms with Crippen molar-refractivity contribution in [3.8, 4) is 0 Å². The molecule has 116 valence electrons. The van der Waals surface area contributed by atoms with Crippen molar-refractivity contribution in [3.05, 3.63) is 35.4 Å². The van der Waals surface area contributed by atoms with Crippen LogP contribution in [0.25, 0.3) is 0 Å². The number of benzene rings is 1. The van der Waals surface area contributed by atoms with Crippen LogP contribution in [-0.2, 0) is 9.53 Å². The maximum Gasteiger partial charge on any atom is 0.471 e. The topological polar surface area (TPSA) is 55.4 Å². The fourth-order valence-electron chi connectivity index (χ4n) is 1.66. The van der Waals surface area contributed by atoms with Gasteiger partial charge in [0.15, 0.2) is 5.78 Å². The molecule has 1 atom stereocenters. The Labute approximate surface area is 120 Å². The third kappa shape index (κ3) is 5.18. The zero-order valence-electron chi connectivity index (χ0n) is 11.7. The Morgan fingerprint density at radius 2 is 1.81 bits per heavy atom. The SMILES string of the molecule is COCCC(=O)c1ccc(C(C)NC(=O)C(F)(F)F)cc1. The Bertz CT molecular complexity index is 497. The predicted molar refractivity (Wildman–Crippen MR) is 69.9 cm³/mol. The standard InChI is InChI=1S/C14H16F3NO3/c1-9(18-13(20)14(15,16)17)10-3-5-11(6-4-10)12(19)7-8-21-2/h3-6,9H,7-8H2,1-2H3,(H,18,20). The van der Waals surface area contributed by atoms with Crippen LogP contribution in [0.4, 0.5) is 13.2 Å². The van der Waals surface area contributed by atoms with Gasteiger partial charge in [-0.25, -0.2) is 0 Å². The van der Waals surface area contributed by atoms with E-state index in [-0.39, 0.29) is 12.2 Å². The van der Waals surface area contributed by atoms with E-state index < -0.39 is 18.1 Å². The summed E-state index contributed by atoms with van der Waals surface area (Å²) < 4.78 is 41.2. The van der Waals surface area contributed by atoms with Crippen molar-refractivity contribution in [2.45, 2.75) is 25.6 Å². The van der Waals surface area contributed by atoms with Gasteiger partial charge in [0.25, 0.3) is 0 Å². The van der Waals surface area contributed by atoms with Crippen LogP contribution in [0.15, 0.2) is 24.3 Å². The number of ketones is 1. The average molecular weight is 303 g/mol. The minimum atomic E-state index is -4.91. The zero-order valence-corrected chi connectivity index (χ0v) is 11.7. The van der Waals surface area contributed by atoms with Gasteiger partial charge in [0.05, 0.1) is 12.6 Å². The largest absolute Gasteiger partial charge is 0.471 e. The maximum absolute atomic E-state index is 12.1. The molecule has 0 aliphatic carbocycles. The van der Waals surface area contributed by atoms with E-state index in [1.165, 1.54) is 38.3 Å². The average Bonchev–Trinajstić information content (AvgIpc) is 2.43. The molecule has 0 aliphatic rings. The predicted octanol–water partition coefficient (Wildman–Crippen LogP) is 2.65. The van der Waals surface area contributed by atoms with E-state index in [0.29, 0.717) is 17.7 Å². The molecule has 4 nitrogen and oxygen atoms in total. The lowest BCUT2D eigenvalue weighted by Gasteiger charge is -2.15. The fourth-order valence-corrected chi connectivity index (χ4v) is 1.66. The summed E-state index contributed by atoms with van der Waals surface area (Å²) in [7, 11) is 1.49. The van der Waals surface area contributed by atoms with Gasteiger partial charge in [-0.3, -0.25) is 9.59 Å². The van der Waals surface area contributed by atoms with Crippen LogP contribution < -0.4 is 5.32 Å². The molecule has 7 heteroatoms. The first-order chi connectivity index (χ1) is 9.75. The summed E-state index contributed by atoms with van der Waals surface area (Å²) >= 11 is 0. The molecule has 0 aromatic heterocycles. The van der Waals surface area contributed by atoms with E-state index in [0.717, 1.165) is 0 Å². The summed E-state index contributed by atoms with van der Waals surface area (Å²) in [6, 6.07) is 5.26. The second-order valence-corrected chi connectivity index (χ2v) is 4.48. The molecule has 1 N–H and O–H groups in total. The Morgan fingerprint density at radius 1 is 1.24 bits per heavy atom. The Hall–Kier alpha value is -1.89. The van der Waals surface area contributed by atoms with Crippen LogP contribution in [0.1, 0.15) is 35.3 Å². The van der Waals surface area contributed by atoms with Crippen molar-refractivity contribution >= 4 is 11.7 Å². The Balaban J connectivity index is 2.69. The van der Waals surface area contributed by atoms with E-state index in [1.807, 2.05) is 5.32 Å². The number of amides is 1. The molecule has 21 heavy (non-hydrogen) atoms. The zero-order chi connectivity index (χ0) is 16.0. The summed E-state index contributed by atoms with van der Waals surface area (Å²) in [4.78, 5) is 22.5. The highest BCUT2D eigenvalue weighted by Crippen LogP contribution is 2.19. The first kappa shape index (κ1) is 17.2. The van der Waals surface area contributed by atoms with Crippen LogP contribution in [0.3, 0.4) is 0 Å². The number of alkyl halides is 3. The highest BCUT2D eigenvalue weighted by Gasteiger charge is 2.39. The normalized spacial score (nSPS) is 12.8. The molecule has 1 unspecified atom stereocenters. The second kappa shape index (κ2) is 7.21. The summed E-state index contributed by atoms with van der Waals surface area (Å²) in [5.41, 5.74) is 0.932. The number of rotatable bonds is 6. The minimum Gasteiger partial charge on any atom is -0.384 e. The third-order valence-corrected chi connectivity index (χ3v) is 2.87. The smallest absolute Gasteiger partial charge is 0.384 e.